The van der Waals surface area contributed by atoms with E-state index in [1.807, 2.05) is 30.4 Å². The summed E-state index contributed by atoms with van der Waals surface area (Å²) in [6.07, 6.45) is 10.8. The number of hydrogen-bond donors (Lipinski definition) is 2. The largest absolute Gasteiger partial charge is 0.296 e. The van der Waals surface area contributed by atoms with E-state index < -0.39 is 0 Å². The van der Waals surface area contributed by atoms with Gasteiger partial charge in [0, 0.05) is 0 Å². The molecule has 154 valence electrons. The normalized spacial score (nSPS) is 34.5. The average Bonchev–Trinajstić information content (AvgIpc) is 3.19. The first-order valence-corrected chi connectivity index (χ1v) is 10.6. The van der Waals surface area contributed by atoms with Crippen molar-refractivity contribution in [3.63, 3.8) is 0 Å². The minimum absolute atomic E-state index is 0.0990. The number of nitrogens with one attached hydrogen (secondary N) is 2. The van der Waals surface area contributed by atoms with E-state index in [0.717, 1.165) is 36.8 Å². The van der Waals surface area contributed by atoms with Crippen LogP contribution in [0.4, 0.5) is 0 Å². The van der Waals surface area contributed by atoms with Gasteiger partial charge >= 0.3 is 0 Å². The molecule has 0 bridgehead atoms. The van der Waals surface area contributed by atoms with Gasteiger partial charge in [-0.25, -0.2) is 0 Å². The molecule has 4 aliphatic rings. The lowest BCUT2D eigenvalue weighted by Crippen LogP contribution is -2.30. The number of carbonyl (C=O) groups is 4. The van der Waals surface area contributed by atoms with E-state index in [2.05, 4.69) is 28.8 Å². The Labute approximate surface area is 174 Å². The standard InChI is InChI=1S/C24H24N2O4/c27-21-17-8-2-6-15(19(17)23(29)25-21)11-13-4-1-5-14(10-13)12-16-7-3-9-18-20(16)24(30)26-22(18)28/h1-5,8-10,15-20H,6-7,11-12H2,(H,25,27,29)(H,26,28,30). The van der Waals surface area contributed by atoms with E-state index in [1.54, 1.807) is 0 Å². The zero-order valence-corrected chi connectivity index (χ0v) is 16.5. The number of amides is 4. The maximum atomic E-state index is 12.3. The average molecular weight is 404 g/mol. The third-order valence-electron chi connectivity index (χ3n) is 7.04. The molecule has 2 aliphatic carbocycles. The van der Waals surface area contributed by atoms with Crippen molar-refractivity contribution in [3.05, 3.63) is 59.7 Å². The number of hydrogen-bond acceptors (Lipinski definition) is 4. The quantitative estimate of drug-likeness (QED) is 0.590. The van der Waals surface area contributed by atoms with Crippen LogP contribution in [0.2, 0.25) is 0 Å². The highest BCUT2D eigenvalue weighted by atomic mass is 16.2. The van der Waals surface area contributed by atoms with Crippen LogP contribution in [-0.2, 0) is 32.0 Å². The topological polar surface area (TPSA) is 92.3 Å². The summed E-state index contributed by atoms with van der Waals surface area (Å²) in [7, 11) is 0. The summed E-state index contributed by atoms with van der Waals surface area (Å²) >= 11 is 0. The molecule has 0 saturated carbocycles. The summed E-state index contributed by atoms with van der Waals surface area (Å²) in [5, 5.41) is 4.94. The van der Waals surface area contributed by atoms with Gasteiger partial charge in [-0.1, -0.05) is 48.6 Å². The van der Waals surface area contributed by atoms with Gasteiger partial charge in [-0.15, -0.1) is 0 Å². The highest BCUT2D eigenvalue weighted by Crippen LogP contribution is 2.38. The smallest absolute Gasteiger partial charge is 0.234 e. The Morgan fingerprint density at radius 1 is 0.700 bits per heavy atom. The molecular formula is C24H24N2O4. The number of allylic oxidation sites excluding steroid dienone is 2. The van der Waals surface area contributed by atoms with Crippen molar-refractivity contribution in [2.75, 3.05) is 0 Å². The number of fused-ring (bicyclic) bond motifs is 2. The summed E-state index contributed by atoms with van der Waals surface area (Å²) in [6.45, 7) is 0. The highest BCUT2D eigenvalue weighted by Gasteiger charge is 2.46. The lowest BCUT2D eigenvalue weighted by Gasteiger charge is -2.28. The van der Waals surface area contributed by atoms with E-state index >= 15 is 0 Å². The third kappa shape index (κ3) is 3.20. The van der Waals surface area contributed by atoms with Gasteiger partial charge in [0.1, 0.15) is 0 Å². The molecule has 1 aromatic carbocycles. The first-order valence-electron chi connectivity index (χ1n) is 10.6. The van der Waals surface area contributed by atoms with Crippen LogP contribution in [0.25, 0.3) is 0 Å². The second-order valence-electron chi connectivity index (χ2n) is 8.89. The maximum absolute atomic E-state index is 12.3. The molecule has 0 aromatic heterocycles. The molecule has 2 heterocycles. The second kappa shape index (κ2) is 7.35. The predicted octanol–water partition coefficient (Wildman–Crippen LogP) is 1.70. The van der Waals surface area contributed by atoms with E-state index in [9.17, 15) is 19.2 Å². The number of benzene rings is 1. The SMILES string of the molecule is O=C1NC(=O)C2C(Cc3cccc(CC4CC=CC5C(=O)NC(=O)C45)c3)CC=CC12. The van der Waals surface area contributed by atoms with Crippen LogP contribution in [0, 0.1) is 35.5 Å². The fourth-order valence-electron chi connectivity index (χ4n) is 5.66. The molecule has 2 aliphatic heterocycles. The Kier molecular flexibility index (Phi) is 4.65. The molecule has 6 unspecified atom stereocenters. The van der Waals surface area contributed by atoms with Gasteiger partial charge in [0.2, 0.25) is 23.6 Å². The van der Waals surface area contributed by atoms with Crippen LogP contribution in [0.3, 0.4) is 0 Å². The van der Waals surface area contributed by atoms with Crippen molar-refractivity contribution in [3.8, 4) is 0 Å². The molecule has 2 fully saturated rings. The molecule has 6 atom stereocenters. The Morgan fingerprint density at radius 3 is 1.63 bits per heavy atom. The molecule has 0 spiro atoms. The van der Waals surface area contributed by atoms with Crippen molar-refractivity contribution < 1.29 is 19.2 Å². The lowest BCUT2D eigenvalue weighted by molar-refractivity contribution is -0.128. The predicted molar refractivity (Wildman–Crippen MR) is 109 cm³/mol. The van der Waals surface area contributed by atoms with Crippen LogP contribution in [0.1, 0.15) is 24.0 Å². The molecule has 1 aromatic rings. The highest BCUT2D eigenvalue weighted by molar-refractivity contribution is 6.06. The summed E-state index contributed by atoms with van der Waals surface area (Å²) < 4.78 is 0. The van der Waals surface area contributed by atoms with Crippen LogP contribution < -0.4 is 10.6 Å². The van der Waals surface area contributed by atoms with Crippen LogP contribution in [0.15, 0.2) is 48.6 Å². The zero-order chi connectivity index (χ0) is 20.8. The molecule has 2 N–H and O–H groups in total. The monoisotopic (exact) mass is 404 g/mol. The first-order chi connectivity index (χ1) is 14.5. The van der Waals surface area contributed by atoms with Crippen molar-refractivity contribution in [2.24, 2.45) is 35.5 Å². The van der Waals surface area contributed by atoms with Crippen molar-refractivity contribution in [2.45, 2.75) is 25.7 Å². The number of imide groups is 2. The van der Waals surface area contributed by atoms with Gasteiger partial charge < -0.3 is 0 Å². The summed E-state index contributed by atoms with van der Waals surface area (Å²) in [5.41, 5.74) is 2.27. The first kappa shape index (κ1) is 19.0. The van der Waals surface area contributed by atoms with Gasteiger partial charge in [0.05, 0.1) is 23.7 Å². The molecule has 5 rings (SSSR count). The van der Waals surface area contributed by atoms with Gasteiger partial charge in [-0.05, 0) is 48.6 Å². The molecular weight excluding hydrogens is 380 g/mol. The Balaban J connectivity index is 1.32. The fourth-order valence-corrected chi connectivity index (χ4v) is 5.66. The third-order valence-corrected chi connectivity index (χ3v) is 7.04. The zero-order valence-electron chi connectivity index (χ0n) is 16.5. The van der Waals surface area contributed by atoms with Gasteiger partial charge in [-0.3, -0.25) is 29.8 Å². The number of rotatable bonds is 4. The molecule has 6 heteroatoms. The van der Waals surface area contributed by atoms with Crippen LogP contribution >= 0.6 is 0 Å². The van der Waals surface area contributed by atoms with Crippen molar-refractivity contribution in [1.82, 2.24) is 10.6 Å². The summed E-state index contributed by atoms with van der Waals surface area (Å²) in [6, 6.07) is 8.27. The minimum Gasteiger partial charge on any atom is -0.296 e. The number of carbonyl (C=O) groups excluding carboxylic acids is 4. The molecule has 4 amide bonds. The summed E-state index contributed by atoms with van der Waals surface area (Å²) in [4.78, 5) is 48.5. The second-order valence-corrected chi connectivity index (χ2v) is 8.89. The molecule has 0 radical (unpaired) electrons. The van der Waals surface area contributed by atoms with E-state index in [0.29, 0.717) is 0 Å². The van der Waals surface area contributed by atoms with Crippen molar-refractivity contribution >= 4 is 23.6 Å². The Morgan fingerprint density at radius 2 is 1.17 bits per heavy atom. The van der Waals surface area contributed by atoms with Crippen LogP contribution in [0.5, 0.6) is 0 Å². The molecule has 6 nitrogen and oxygen atoms in total. The van der Waals surface area contributed by atoms with Crippen LogP contribution in [-0.4, -0.2) is 23.6 Å². The van der Waals surface area contributed by atoms with Gasteiger partial charge in [0.15, 0.2) is 0 Å². The fraction of sp³-hybridized carbons (Fsp3) is 0.417. The molecule has 2 saturated heterocycles. The Bertz CT molecular complexity index is 919. The van der Waals surface area contributed by atoms with Gasteiger partial charge in [-0.2, -0.15) is 0 Å². The lowest BCUT2D eigenvalue weighted by atomic mass is 9.73. The summed E-state index contributed by atoms with van der Waals surface area (Å²) in [5.74, 6) is -1.77. The van der Waals surface area contributed by atoms with E-state index in [-0.39, 0.29) is 59.1 Å². The minimum atomic E-state index is -0.344. The maximum Gasteiger partial charge on any atom is 0.234 e. The van der Waals surface area contributed by atoms with E-state index in [4.69, 9.17) is 0 Å². The Hall–Kier alpha value is -3.02. The van der Waals surface area contributed by atoms with Crippen molar-refractivity contribution in [1.29, 1.82) is 0 Å². The molecule has 30 heavy (non-hydrogen) atoms. The van der Waals surface area contributed by atoms with Gasteiger partial charge in [0.25, 0.3) is 0 Å². The van der Waals surface area contributed by atoms with E-state index in [1.165, 1.54) is 0 Å².